The van der Waals surface area contributed by atoms with Gasteiger partial charge in [0, 0.05) is 12.4 Å². The lowest BCUT2D eigenvalue weighted by Crippen LogP contribution is -2.32. The number of nitrogens with one attached hydrogen (secondary N) is 2. The molecule has 4 heterocycles. The van der Waals surface area contributed by atoms with Crippen LogP contribution in [-0.2, 0) is 16.6 Å². The monoisotopic (exact) mass is 491 g/mol. The minimum absolute atomic E-state index is 0.0137. The molecule has 174 valence electrons. The first kappa shape index (κ1) is 22.0. The molecule has 0 saturated carbocycles. The van der Waals surface area contributed by atoms with E-state index in [-0.39, 0.29) is 39.3 Å². The van der Waals surface area contributed by atoms with Crippen molar-refractivity contribution in [3.63, 3.8) is 0 Å². The van der Waals surface area contributed by atoms with E-state index in [0.29, 0.717) is 5.56 Å². The van der Waals surface area contributed by atoms with Crippen LogP contribution in [0.3, 0.4) is 0 Å². The predicted molar refractivity (Wildman–Crippen MR) is 118 cm³/mol. The summed E-state index contributed by atoms with van der Waals surface area (Å²) in [4.78, 5) is 65.2. The average Bonchev–Trinajstić information content (AvgIpc) is 3.08. The van der Waals surface area contributed by atoms with Crippen molar-refractivity contribution >= 4 is 38.6 Å². The fourth-order valence-electron chi connectivity index (χ4n) is 3.46. The second-order valence-corrected chi connectivity index (χ2v) is 9.05. The maximum absolute atomic E-state index is 13.1. The van der Waals surface area contributed by atoms with Gasteiger partial charge in [-0.15, -0.1) is 0 Å². The molecule has 0 fully saturated rings. The van der Waals surface area contributed by atoms with Gasteiger partial charge in [-0.3, -0.25) is 34.0 Å². The number of pyridine rings is 1. The van der Waals surface area contributed by atoms with E-state index >= 15 is 0 Å². The van der Waals surface area contributed by atoms with Crippen LogP contribution in [0.5, 0.6) is 0 Å². The standard InChI is InChI=1S/C21H13N7O6S/c29-18-13-5-11(1-2-17(13)35(33,34)27-18)9-28-10-25-15-8-24-14(6-12(15)21(28)32)19(30)26-20(31)16-7-22-3-4-23-16/h1-8,10H,9H2,(H,27,29)(H,26,30,31). The zero-order chi connectivity index (χ0) is 24.7. The molecule has 1 aliphatic rings. The highest BCUT2D eigenvalue weighted by molar-refractivity contribution is 7.90. The molecule has 2 N–H and O–H groups in total. The second-order valence-electron chi connectivity index (χ2n) is 7.40. The highest BCUT2D eigenvalue weighted by Gasteiger charge is 2.32. The lowest BCUT2D eigenvalue weighted by atomic mass is 10.1. The summed E-state index contributed by atoms with van der Waals surface area (Å²) < 4.78 is 26.9. The van der Waals surface area contributed by atoms with E-state index in [9.17, 15) is 27.6 Å². The number of carbonyl (C=O) groups is 3. The zero-order valence-corrected chi connectivity index (χ0v) is 18.3. The normalized spacial score (nSPS) is 13.8. The van der Waals surface area contributed by atoms with Gasteiger partial charge < -0.3 is 0 Å². The van der Waals surface area contributed by atoms with Gasteiger partial charge in [-0.05, 0) is 23.8 Å². The molecule has 0 saturated heterocycles. The Bertz CT molecular complexity index is 1720. The van der Waals surface area contributed by atoms with Gasteiger partial charge in [0.25, 0.3) is 33.3 Å². The van der Waals surface area contributed by atoms with E-state index in [4.69, 9.17) is 0 Å². The number of imide groups is 1. The number of aromatic nitrogens is 5. The van der Waals surface area contributed by atoms with Crippen LogP contribution in [0.2, 0.25) is 0 Å². The zero-order valence-electron chi connectivity index (χ0n) is 17.5. The van der Waals surface area contributed by atoms with E-state index in [1.807, 2.05) is 4.72 Å². The predicted octanol–water partition coefficient (Wildman–Crippen LogP) is -0.368. The molecule has 14 heteroatoms. The molecule has 5 rings (SSSR count). The van der Waals surface area contributed by atoms with Crippen LogP contribution in [0.25, 0.3) is 10.9 Å². The smallest absolute Gasteiger partial charge is 0.278 e. The van der Waals surface area contributed by atoms with Crippen molar-refractivity contribution in [1.82, 2.24) is 34.5 Å². The van der Waals surface area contributed by atoms with Crippen LogP contribution < -0.4 is 15.6 Å². The van der Waals surface area contributed by atoms with Gasteiger partial charge in [-0.2, -0.15) is 0 Å². The molecule has 0 atom stereocenters. The molecule has 13 nitrogen and oxygen atoms in total. The van der Waals surface area contributed by atoms with Crippen LogP contribution in [0, 0.1) is 0 Å². The number of rotatable bonds is 4. The van der Waals surface area contributed by atoms with Crippen molar-refractivity contribution in [3.8, 4) is 0 Å². The van der Waals surface area contributed by atoms with Gasteiger partial charge in [0.2, 0.25) is 0 Å². The fourth-order valence-corrected chi connectivity index (χ4v) is 4.61. The lowest BCUT2D eigenvalue weighted by Gasteiger charge is -2.08. The Kier molecular flexibility index (Phi) is 5.13. The van der Waals surface area contributed by atoms with E-state index in [1.54, 1.807) is 0 Å². The second kappa shape index (κ2) is 8.18. The Morgan fingerprint density at radius 1 is 0.971 bits per heavy atom. The van der Waals surface area contributed by atoms with Gasteiger partial charge in [0.15, 0.2) is 0 Å². The van der Waals surface area contributed by atoms with Crippen molar-refractivity contribution in [2.45, 2.75) is 11.4 Å². The first-order chi connectivity index (χ1) is 16.7. The molecular formula is C21H13N7O6S. The Balaban J connectivity index is 1.44. The van der Waals surface area contributed by atoms with Crippen LogP contribution >= 0.6 is 0 Å². The highest BCUT2D eigenvalue weighted by atomic mass is 32.2. The summed E-state index contributed by atoms with van der Waals surface area (Å²) in [5, 5.41) is 2.20. The van der Waals surface area contributed by atoms with Crippen LogP contribution in [-0.4, -0.2) is 50.6 Å². The number of fused-ring (bicyclic) bond motifs is 2. The van der Waals surface area contributed by atoms with Gasteiger partial charge >= 0.3 is 0 Å². The molecule has 4 aromatic rings. The van der Waals surface area contributed by atoms with Gasteiger partial charge in [0.1, 0.15) is 16.3 Å². The first-order valence-corrected chi connectivity index (χ1v) is 11.4. The van der Waals surface area contributed by atoms with Crippen LogP contribution in [0.1, 0.15) is 36.9 Å². The number of amides is 3. The Hall–Kier alpha value is -4.85. The molecule has 0 spiro atoms. The molecule has 0 aliphatic carbocycles. The van der Waals surface area contributed by atoms with E-state index < -0.39 is 33.3 Å². The van der Waals surface area contributed by atoms with Gasteiger partial charge in [-0.25, -0.2) is 28.1 Å². The lowest BCUT2D eigenvalue weighted by molar-refractivity contribution is 0.0842. The third-order valence-corrected chi connectivity index (χ3v) is 6.51. The summed E-state index contributed by atoms with van der Waals surface area (Å²) >= 11 is 0. The maximum atomic E-state index is 13.1. The minimum atomic E-state index is -3.88. The maximum Gasteiger partial charge on any atom is 0.278 e. The molecule has 0 radical (unpaired) electrons. The highest BCUT2D eigenvalue weighted by Crippen LogP contribution is 2.23. The topological polar surface area (TPSA) is 183 Å². The third kappa shape index (κ3) is 4.02. The van der Waals surface area contributed by atoms with Crippen molar-refractivity contribution in [3.05, 3.63) is 88.2 Å². The minimum Gasteiger partial charge on any atom is -0.294 e. The number of benzene rings is 1. The van der Waals surface area contributed by atoms with Crippen molar-refractivity contribution in [1.29, 1.82) is 0 Å². The molecule has 35 heavy (non-hydrogen) atoms. The quantitative estimate of drug-likeness (QED) is 0.357. The number of sulfonamides is 1. The fraction of sp³-hybridized carbons (Fsp3) is 0.0476. The molecule has 3 aromatic heterocycles. The molecule has 0 unspecified atom stereocenters. The summed E-state index contributed by atoms with van der Waals surface area (Å²) in [7, 11) is -3.88. The van der Waals surface area contributed by atoms with E-state index in [0.717, 1.165) is 0 Å². The number of carbonyl (C=O) groups excluding carboxylic acids is 3. The van der Waals surface area contributed by atoms with Crippen molar-refractivity contribution < 1.29 is 22.8 Å². The summed E-state index contributed by atoms with van der Waals surface area (Å²) in [6, 6.07) is 5.37. The number of nitrogens with zero attached hydrogens (tertiary/aromatic N) is 5. The van der Waals surface area contributed by atoms with Crippen LogP contribution in [0.4, 0.5) is 0 Å². The first-order valence-electron chi connectivity index (χ1n) is 9.90. The van der Waals surface area contributed by atoms with Gasteiger partial charge in [0.05, 0.1) is 41.7 Å². The van der Waals surface area contributed by atoms with Crippen LogP contribution in [0.15, 0.2) is 65.1 Å². The van der Waals surface area contributed by atoms with Crippen molar-refractivity contribution in [2.24, 2.45) is 0 Å². The van der Waals surface area contributed by atoms with E-state index in [1.165, 1.54) is 59.9 Å². The average molecular weight is 491 g/mol. The molecular weight excluding hydrogens is 478 g/mol. The Morgan fingerprint density at radius 2 is 1.77 bits per heavy atom. The summed E-state index contributed by atoms with van der Waals surface area (Å²) in [5.74, 6) is -2.37. The summed E-state index contributed by atoms with van der Waals surface area (Å²) in [5.41, 5.74) is -0.0693. The molecule has 0 bridgehead atoms. The molecule has 1 aliphatic heterocycles. The number of hydrogen-bond donors (Lipinski definition) is 2. The summed E-state index contributed by atoms with van der Waals surface area (Å²) in [6.45, 7) is -0.0165. The van der Waals surface area contributed by atoms with Gasteiger partial charge in [-0.1, -0.05) is 6.07 Å². The molecule has 1 aromatic carbocycles. The number of hydrogen-bond acceptors (Lipinski definition) is 10. The largest absolute Gasteiger partial charge is 0.294 e. The van der Waals surface area contributed by atoms with E-state index in [2.05, 4.69) is 25.3 Å². The summed E-state index contributed by atoms with van der Waals surface area (Å²) in [6.07, 6.45) is 6.37. The SMILES string of the molecule is O=C(NC(=O)c1cc2c(=O)n(Cc3ccc4c(c3)C(=O)NS4(=O)=O)cnc2cn1)c1cnccn1. The molecule has 3 amide bonds. The van der Waals surface area contributed by atoms with Crippen molar-refractivity contribution in [2.75, 3.05) is 0 Å². The third-order valence-electron chi connectivity index (χ3n) is 5.12. The Morgan fingerprint density at radius 3 is 2.54 bits per heavy atom. The Labute approximate surface area is 195 Å².